The topological polar surface area (TPSA) is 63.6 Å². The van der Waals surface area contributed by atoms with Gasteiger partial charge in [0.05, 0.1) is 12.5 Å². The molecule has 0 spiro atoms. The van der Waals surface area contributed by atoms with E-state index in [-0.39, 0.29) is 23.3 Å². The van der Waals surface area contributed by atoms with Crippen molar-refractivity contribution < 1.29 is 9.53 Å². The fourth-order valence-corrected chi connectivity index (χ4v) is 5.43. The number of piperidine rings is 1. The standard InChI is InChI=1S/C29H35N3O3/c1-31-13-10-22(17-28(31)33)26-9-12-30-18-27(26)29(34)32(24-7-8-24)19-23-16-20(11-14-35-2)15-21-5-3-4-6-25(21)23/h3-6,10,13,15-17,24,26-27,30H,7-9,11-12,14,18-19H2,1-2H3/t26?,27-/m0/s1. The molecular weight excluding hydrogens is 438 g/mol. The zero-order chi connectivity index (χ0) is 24.4. The number of hydrogen-bond acceptors (Lipinski definition) is 4. The lowest BCUT2D eigenvalue weighted by Gasteiger charge is -2.36. The largest absolute Gasteiger partial charge is 0.384 e. The first-order valence-corrected chi connectivity index (χ1v) is 12.7. The summed E-state index contributed by atoms with van der Waals surface area (Å²) in [4.78, 5) is 28.5. The Kier molecular flexibility index (Phi) is 7.02. The number of pyridine rings is 1. The van der Waals surface area contributed by atoms with Gasteiger partial charge in [0, 0.05) is 45.6 Å². The summed E-state index contributed by atoms with van der Waals surface area (Å²) in [6.45, 7) is 2.80. The van der Waals surface area contributed by atoms with Crippen molar-refractivity contribution in [2.75, 3.05) is 26.8 Å². The quantitative estimate of drug-likeness (QED) is 0.543. The molecule has 2 aliphatic rings. The van der Waals surface area contributed by atoms with Gasteiger partial charge in [-0.2, -0.15) is 0 Å². The fraction of sp³-hybridized carbons (Fsp3) is 0.448. The number of nitrogens with zero attached hydrogens (tertiary/aromatic N) is 2. The minimum atomic E-state index is -0.167. The molecule has 1 aliphatic heterocycles. The molecule has 1 unspecified atom stereocenters. The number of carbonyl (C=O) groups excluding carboxylic acids is 1. The first-order valence-electron chi connectivity index (χ1n) is 12.7. The van der Waals surface area contributed by atoms with Crippen LogP contribution in [-0.2, 0) is 29.5 Å². The Hall–Kier alpha value is -2.96. The third-order valence-electron chi connectivity index (χ3n) is 7.57. The van der Waals surface area contributed by atoms with E-state index in [2.05, 4.69) is 46.6 Å². The molecule has 2 heterocycles. The molecule has 1 aromatic heterocycles. The van der Waals surface area contributed by atoms with Gasteiger partial charge in [-0.25, -0.2) is 0 Å². The van der Waals surface area contributed by atoms with E-state index in [4.69, 9.17) is 4.74 Å². The van der Waals surface area contributed by atoms with Gasteiger partial charge in [0.1, 0.15) is 0 Å². The molecule has 6 nitrogen and oxygen atoms in total. The molecule has 6 heteroatoms. The number of aryl methyl sites for hydroxylation is 1. The molecule has 3 aromatic rings. The first-order chi connectivity index (χ1) is 17.0. The number of carbonyl (C=O) groups is 1. The van der Waals surface area contributed by atoms with Crippen LogP contribution in [-0.4, -0.2) is 48.2 Å². The third kappa shape index (κ3) is 5.19. The smallest absolute Gasteiger partial charge is 0.250 e. The van der Waals surface area contributed by atoms with E-state index < -0.39 is 0 Å². The van der Waals surface area contributed by atoms with Crippen molar-refractivity contribution in [3.05, 3.63) is 81.8 Å². The van der Waals surface area contributed by atoms with Crippen molar-refractivity contribution in [1.82, 2.24) is 14.8 Å². The molecule has 2 atom stereocenters. The Labute approximate surface area is 206 Å². The predicted octanol–water partition coefficient (Wildman–Crippen LogP) is 3.61. The molecule has 0 bridgehead atoms. The summed E-state index contributed by atoms with van der Waals surface area (Å²) in [5, 5.41) is 5.85. The lowest BCUT2D eigenvalue weighted by Crippen LogP contribution is -2.47. The average Bonchev–Trinajstić information content (AvgIpc) is 3.72. The average molecular weight is 474 g/mol. The molecule has 1 saturated carbocycles. The van der Waals surface area contributed by atoms with Crippen LogP contribution in [0.5, 0.6) is 0 Å². The van der Waals surface area contributed by atoms with E-state index >= 15 is 0 Å². The van der Waals surface area contributed by atoms with Crippen LogP contribution in [0.3, 0.4) is 0 Å². The van der Waals surface area contributed by atoms with Crippen molar-refractivity contribution in [2.45, 2.75) is 44.2 Å². The van der Waals surface area contributed by atoms with Crippen LogP contribution in [0.2, 0.25) is 0 Å². The first kappa shape index (κ1) is 23.8. The minimum absolute atomic E-state index is 0.0226. The number of aromatic nitrogens is 1. The van der Waals surface area contributed by atoms with E-state index in [0.29, 0.717) is 25.7 Å². The van der Waals surface area contributed by atoms with Gasteiger partial charge >= 0.3 is 0 Å². The van der Waals surface area contributed by atoms with Crippen LogP contribution in [0.1, 0.15) is 41.9 Å². The molecule has 1 amide bonds. The number of rotatable bonds is 8. The van der Waals surface area contributed by atoms with Crippen LogP contribution in [0.25, 0.3) is 10.8 Å². The van der Waals surface area contributed by atoms with Crippen molar-refractivity contribution in [2.24, 2.45) is 13.0 Å². The second-order valence-corrected chi connectivity index (χ2v) is 10.0. The number of amides is 1. The summed E-state index contributed by atoms with van der Waals surface area (Å²) in [5.74, 6) is 0.0971. The van der Waals surface area contributed by atoms with Gasteiger partial charge in [0.15, 0.2) is 0 Å². The molecular formula is C29H35N3O3. The Bertz CT molecular complexity index is 1260. The summed E-state index contributed by atoms with van der Waals surface area (Å²) in [6.07, 6.45) is 5.64. The molecule has 2 fully saturated rings. The van der Waals surface area contributed by atoms with Gasteiger partial charge in [-0.15, -0.1) is 0 Å². The summed E-state index contributed by atoms with van der Waals surface area (Å²) in [7, 11) is 3.49. The van der Waals surface area contributed by atoms with Crippen LogP contribution in [0.4, 0.5) is 0 Å². The maximum Gasteiger partial charge on any atom is 0.250 e. The van der Waals surface area contributed by atoms with E-state index in [1.54, 1.807) is 24.8 Å². The Morgan fingerprint density at radius 3 is 2.74 bits per heavy atom. The van der Waals surface area contributed by atoms with Gasteiger partial charge in [0.25, 0.3) is 5.56 Å². The Morgan fingerprint density at radius 1 is 1.14 bits per heavy atom. The van der Waals surface area contributed by atoms with Crippen LogP contribution in [0, 0.1) is 5.92 Å². The number of fused-ring (bicyclic) bond motifs is 1. The third-order valence-corrected chi connectivity index (χ3v) is 7.57. The van der Waals surface area contributed by atoms with E-state index in [1.807, 2.05) is 12.3 Å². The number of benzene rings is 2. The SMILES string of the molecule is COCCc1cc(CN(C(=O)[C@H]2CNCCC2c2ccn(C)c(=O)c2)C2CC2)c2ccccc2c1. The summed E-state index contributed by atoms with van der Waals surface area (Å²) >= 11 is 0. The maximum atomic E-state index is 14.1. The highest BCUT2D eigenvalue weighted by molar-refractivity contribution is 5.87. The molecule has 35 heavy (non-hydrogen) atoms. The maximum absolute atomic E-state index is 14.1. The molecule has 2 aromatic carbocycles. The van der Waals surface area contributed by atoms with Crippen LogP contribution < -0.4 is 10.9 Å². The normalized spacial score (nSPS) is 20.2. The van der Waals surface area contributed by atoms with Crippen molar-refractivity contribution >= 4 is 16.7 Å². The number of nitrogens with one attached hydrogen (secondary N) is 1. The second kappa shape index (κ2) is 10.3. The summed E-state index contributed by atoms with van der Waals surface area (Å²) in [6, 6.07) is 16.9. The fourth-order valence-electron chi connectivity index (χ4n) is 5.43. The number of ether oxygens (including phenoxy) is 1. The minimum Gasteiger partial charge on any atom is -0.384 e. The van der Waals surface area contributed by atoms with E-state index in [9.17, 15) is 9.59 Å². The number of methoxy groups -OCH3 is 1. The van der Waals surface area contributed by atoms with E-state index in [0.717, 1.165) is 37.8 Å². The van der Waals surface area contributed by atoms with Crippen molar-refractivity contribution in [1.29, 1.82) is 0 Å². The molecule has 1 saturated heterocycles. The Balaban J connectivity index is 1.46. The zero-order valence-corrected chi connectivity index (χ0v) is 20.7. The van der Waals surface area contributed by atoms with Gasteiger partial charge in [-0.1, -0.05) is 36.4 Å². The highest BCUT2D eigenvalue weighted by atomic mass is 16.5. The van der Waals surface area contributed by atoms with Crippen LogP contribution in [0.15, 0.2) is 59.5 Å². The molecule has 0 radical (unpaired) electrons. The highest BCUT2D eigenvalue weighted by Gasteiger charge is 2.40. The van der Waals surface area contributed by atoms with Crippen LogP contribution >= 0.6 is 0 Å². The van der Waals surface area contributed by atoms with E-state index in [1.165, 1.54) is 21.9 Å². The molecule has 184 valence electrons. The molecule has 1 aliphatic carbocycles. The van der Waals surface area contributed by atoms with Gasteiger partial charge in [-0.3, -0.25) is 9.59 Å². The van der Waals surface area contributed by atoms with Gasteiger partial charge in [0.2, 0.25) is 5.91 Å². The lowest BCUT2D eigenvalue weighted by molar-refractivity contribution is -0.138. The zero-order valence-electron chi connectivity index (χ0n) is 20.7. The van der Waals surface area contributed by atoms with Gasteiger partial charge in [-0.05, 0) is 71.7 Å². The Morgan fingerprint density at radius 2 is 1.97 bits per heavy atom. The van der Waals surface area contributed by atoms with Gasteiger partial charge < -0.3 is 19.5 Å². The molecule has 1 N–H and O–H groups in total. The predicted molar refractivity (Wildman–Crippen MR) is 139 cm³/mol. The summed E-state index contributed by atoms with van der Waals surface area (Å²) in [5.41, 5.74) is 3.39. The second-order valence-electron chi connectivity index (χ2n) is 10.0. The monoisotopic (exact) mass is 473 g/mol. The number of hydrogen-bond donors (Lipinski definition) is 1. The van der Waals surface area contributed by atoms with Crippen molar-refractivity contribution in [3.63, 3.8) is 0 Å². The molecule has 5 rings (SSSR count). The van der Waals surface area contributed by atoms with Crippen molar-refractivity contribution in [3.8, 4) is 0 Å². The lowest BCUT2D eigenvalue weighted by atomic mass is 9.80. The highest BCUT2D eigenvalue weighted by Crippen LogP contribution is 2.36. The summed E-state index contributed by atoms with van der Waals surface area (Å²) < 4.78 is 6.90.